The lowest BCUT2D eigenvalue weighted by Crippen LogP contribution is -2.28. The lowest BCUT2D eigenvalue weighted by Gasteiger charge is -2.17. The summed E-state index contributed by atoms with van der Waals surface area (Å²) in [7, 11) is 0. The second kappa shape index (κ2) is 5.75. The molecule has 0 aliphatic heterocycles. The first-order chi connectivity index (χ1) is 7.56. The van der Waals surface area contributed by atoms with Crippen LogP contribution in [0.25, 0.3) is 0 Å². The van der Waals surface area contributed by atoms with Gasteiger partial charge in [0.25, 0.3) is 0 Å². The molecular weight excluding hydrogens is 202 g/mol. The third-order valence-corrected chi connectivity index (χ3v) is 2.69. The van der Waals surface area contributed by atoms with Crippen LogP contribution >= 0.6 is 0 Å². The first kappa shape index (κ1) is 12.8. The highest BCUT2D eigenvalue weighted by Crippen LogP contribution is 2.30. The van der Waals surface area contributed by atoms with Gasteiger partial charge in [0.05, 0.1) is 6.61 Å². The van der Waals surface area contributed by atoms with Crippen molar-refractivity contribution in [3.05, 3.63) is 23.8 Å². The lowest BCUT2D eigenvalue weighted by atomic mass is 9.97. The summed E-state index contributed by atoms with van der Waals surface area (Å²) in [5.74, 6) is 1.16. The van der Waals surface area contributed by atoms with E-state index in [2.05, 4.69) is 13.8 Å². The van der Waals surface area contributed by atoms with Gasteiger partial charge in [-0.2, -0.15) is 0 Å². The normalized spacial score (nSPS) is 12.8. The van der Waals surface area contributed by atoms with E-state index in [1.165, 1.54) is 0 Å². The van der Waals surface area contributed by atoms with Gasteiger partial charge < -0.3 is 15.6 Å². The summed E-state index contributed by atoms with van der Waals surface area (Å²) in [6, 6.07) is 5.60. The fourth-order valence-corrected chi connectivity index (χ4v) is 1.49. The van der Waals surface area contributed by atoms with Crippen molar-refractivity contribution in [3.63, 3.8) is 0 Å². The molecule has 3 nitrogen and oxygen atoms in total. The summed E-state index contributed by atoms with van der Waals surface area (Å²) >= 11 is 0. The molecule has 0 radical (unpaired) electrons. The van der Waals surface area contributed by atoms with Crippen LogP contribution in [-0.4, -0.2) is 17.8 Å². The van der Waals surface area contributed by atoms with Crippen LogP contribution in [-0.2, 0) is 6.42 Å². The quantitative estimate of drug-likeness (QED) is 0.805. The van der Waals surface area contributed by atoms with Crippen LogP contribution in [0, 0.1) is 5.92 Å². The fraction of sp³-hybridized carbons (Fsp3) is 0.538. The summed E-state index contributed by atoms with van der Waals surface area (Å²) in [6.45, 7) is 6.60. The Hall–Kier alpha value is -1.22. The molecular formula is C13H21NO2. The van der Waals surface area contributed by atoms with E-state index in [0.717, 1.165) is 5.56 Å². The molecule has 0 aliphatic carbocycles. The molecule has 0 saturated heterocycles. The monoisotopic (exact) mass is 223 g/mol. The molecule has 0 heterocycles. The number of nitrogens with two attached hydrogens (primary N) is 1. The van der Waals surface area contributed by atoms with Crippen LogP contribution in [0.2, 0.25) is 0 Å². The van der Waals surface area contributed by atoms with Gasteiger partial charge in [-0.15, -0.1) is 0 Å². The average Bonchev–Trinajstić information content (AvgIpc) is 2.24. The minimum absolute atomic E-state index is 0.0581. The molecule has 1 aromatic rings. The number of hydrogen-bond acceptors (Lipinski definition) is 3. The Bertz CT molecular complexity index is 337. The summed E-state index contributed by atoms with van der Waals surface area (Å²) in [6.07, 6.45) is 0.671. The lowest BCUT2D eigenvalue weighted by molar-refractivity contribution is 0.316. The topological polar surface area (TPSA) is 55.5 Å². The number of ether oxygens (including phenoxy) is 1. The van der Waals surface area contributed by atoms with Gasteiger partial charge in [-0.3, -0.25) is 0 Å². The van der Waals surface area contributed by atoms with Gasteiger partial charge in [-0.1, -0.05) is 26.0 Å². The van der Waals surface area contributed by atoms with E-state index in [9.17, 15) is 5.11 Å². The first-order valence-corrected chi connectivity index (χ1v) is 5.75. The molecule has 0 saturated carbocycles. The van der Waals surface area contributed by atoms with Crippen molar-refractivity contribution in [2.75, 3.05) is 6.61 Å². The zero-order valence-electron chi connectivity index (χ0n) is 10.2. The maximum Gasteiger partial charge on any atom is 0.161 e. The van der Waals surface area contributed by atoms with Crippen molar-refractivity contribution in [2.24, 2.45) is 11.7 Å². The first-order valence-electron chi connectivity index (χ1n) is 5.75. The van der Waals surface area contributed by atoms with Crippen molar-refractivity contribution in [1.82, 2.24) is 0 Å². The van der Waals surface area contributed by atoms with E-state index in [1.807, 2.05) is 19.1 Å². The van der Waals surface area contributed by atoms with Crippen LogP contribution in [0.3, 0.4) is 0 Å². The van der Waals surface area contributed by atoms with Crippen LogP contribution in [0.1, 0.15) is 26.3 Å². The van der Waals surface area contributed by atoms with E-state index in [1.54, 1.807) is 6.07 Å². The Labute approximate surface area is 97.2 Å². The maximum absolute atomic E-state index is 9.97. The van der Waals surface area contributed by atoms with E-state index in [0.29, 0.717) is 24.7 Å². The Kier molecular flexibility index (Phi) is 4.62. The van der Waals surface area contributed by atoms with E-state index in [4.69, 9.17) is 10.5 Å². The van der Waals surface area contributed by atoms with Crippen molar-refractivity contribution in [2.45, 2.75) is 33.2 Å². The van der Waals surface area contributed by atoms with Crippen LogP contribution in [0.5, 0.6) is 11.5 Å². The molecule has 16 heavy (non-hydrogen) atoms. The summed E-state index contributed by atoms with van der Waals surface area (Å²) in [5, 5.41) is 9.97. The Morgan fingerprint density at radius 1 is 1.38 bits per heavy atom. The van der Waals surface area contributed by atoms with Crippen molar-refractivity contribution in [1.29, 1.82) is 0 Å². The molecule has 3 heteroatoms. The third-order valence-electron chi connectivity index (χ3n) is 2.69. The molecule has 1 aromatic carbocycles. The minimum Gasteiger partial charge on any atom is -0.504 e. The Balaban J connectivity index is 2.84. The molecule has 0 aromatic heterocycles. The smallest absolute Gasteiger partial charge is 0.161 e. The molecule has 1 unspecified atom stereocenters. The van der Waals surface area contributed by atoms with Gasteiger partial charge in [0.15, 0.2) is 11.5 Å². The largest absolute Gasteiger partial charge is 0.504 e. The number of aromatic hydroxyl groups is 1. The summed E-state index contributed by atoms with van der Waals surface area (Å²) in [4.78, 5) is 0. The molecule has 0 bridgehead atoms. The SMILES string of the molecule is CCOc1cccc(CC(N)C(C)C)c1O. The molecule has 0 aliphatic rings. The second-order valence-corrected chi connectivity index (χ2v) is 4.31. The van der Waals surface area contributed by atoms with Crippen molar-refractivity contribution < 1.29 is 9.84 Å². The highest BCUT2D eigenvalue weighted by molar-refractivity contribution is 5.45. The van der Waals surface area contributed by atoms with Gasteiger partial charge in [0.1, 0.15) is 0 Å². The Morgan fingerprint density at radius 2 is 2.06 bits per heavy atom. The van der Waals surface area contributed by atoms with Gasteiger partial charge in [-0.05, 0) is 30.9 Å². The minimum atomic E-state index is 0.0581. The van der Waals surface area contributed by atoms with Gasteiger partial charge in [0.2, 0.25) is 0 Å². The zero-order chi connectivity index (χ0) is 12.1. The molecule has 1 atom stereocenters. The highest BCUT2D eigenvalue weighted by Gasteiger charge is 2.13. The highest BCUT2D eigenvalue weighted by atomic mass is 16.5. The number of phenols is 1. The fourth-order valence-electron chi connectivity index (χ4n) is 1.49. The second-order valence-electron chi connectivity index (χ2n) is 4.31. The van der Waals surface area contributed by atoms with Crippen LogP contribution in [0.4, 0.5) is 0 Å². The zero-order valence-corrected chi connectivity index (χ0v) is 10.2. The van der Waals surface area contributed by atoms with Crippen LogP contribution < -0.4 is 10.5 Å². The summed E-state index contributed by atoms with van der Waals surface area (Å²) in [5.41, 5.74) is 6.84. The maximum atomic E-state index is 9.97. The number of para-hydroxylation sites is 1. The van der Waals surface area contributed by atoms with Crippen molar-refractivity contribution in [3.8, 4) is 11.5 Å². The Morgan fingerprint density at radius 3 is 2.62 bits per heavy atom. The average molecular weight is 223 g/mol. The molecule has 0 spiro atoms. The molecule has 0 fully saturated rings. The van der Waals surface area contributed by atoms with Gasteiger partial charge in [0, 0.05) is 6.04 Å². The predicted molar refractivity (Wildman–Crippen MR) is 65.8 cm³/mol. The van der Waals surface area contributed by atoms with Gasteiger partial charge in [-0.25, -0.2) is 0 Å². The van der Waals surface area contributed by atoms with E-state index < -0.39 is 0 Å². The van der Waals surface area contributed by atoms with E-state index >= 15 is 0 Å². The van der Waals surface area contributed by atoms with Crippen LogP contribution in [0.15, 0.2) is 18.2 Å². The predicted octanol–water partition coefficient (Wildman–Crippen LogP) is 2.32. The summed E-state index contributed by atoms with van der Waals surface area (Å²) < 4.78 is 5.33. The molecule has 0 amide bonds. The number of hydrogen-bond donors (Lipinski definition) is 2. The van der Waals surface area contributed by atoms with Gasteiger partial charge >= 0.3 is 0 Å². The number of phenolic OH excluding ortho intramolecular Hbond substituents is 1. The molecule has 1 rings (SSSR count). The number of rotatable bonds is 5. The van der Waals surface area contributed by atoms with Crippen molar-refractivity contribution >= 4 is 0 Å². The number of benzene rings is 1. The standard InChI is InChI=1S/C13H21NO2/c1-4-16-12-7-5-6-10(13(12)15)8-11(14)9(2)3/h5-7,9,11,15H,4,8,14H2,1-3H3. The molecule has 90 valence electrons. The third kappa shape index (κ3) is 3.14. The molecule has 3 N–H and O–H groups in total. The van der Waals surface area contributed by atoms with E-state index in [-0.39, 0.29) is 11.8 Å².